The van der Waals surface area contributed by atoms with Crippen molar-refractivity contribution in [2.45, 2.75) is 51.5 Å². The lowest BCUT2D eigenvalue weighted by Gasteiger charge is -2.31. The van der Waals surface area contributed by atoms with E-state index in [1.807, 2.05) is 0 Å². The zero-order chi connectivity index (χ0) is 14.5. The molecule has 0 aromatic heterocycles. The second-order valence-electron chi connectivity index (χ2n) is 5.64. The topological polar surface area (TPSA) is 39.7 Å². The molecule has 1 atom stereocenters. The Hall–Kier alpha value is -0.160. The van der Waals surface area contributed by atoms with E-state index in [2.05, 4.69) is 12.2 Å². The Morgan fingerprint density at radius 1 is 1.00 bits per heavy atom. The molecule has 1 saturated carbocycles. The van der Waals surface area contributed by atoms with Crippen LogP contribution in [0.1, 0.15) is 45.4 Å². The predicted molar refractivity (Wildman–Crippen MR) is 82.2 cm³/mol. The summed E-state index contributed by atoms with van der Waals surface area (Å²) in [7, 11) is 1.69. The van der Waals surface area contributed by atoms with Crippen molar-refractivity contribution < 1.29 is 14.2 Å². The van der Waals surface area contributed by atoms with Gasteiger partial charge in [0.2, 0.25) is 0 Å². The van der Waals surface area contributed by atoms with Crippen LogP contribution in [0.3, 0.4) is 0 Å². The molecule has 1 aliphatic rings. The van der Waals surface area contributed by atoms with E-state index in [9.17, 15) is 0 Å². The molecule has 0 bridgehead atoms. The molecule has 0 radical (unpaired) electrons. The van der Waals surface area contributed by atoms with Gasteiger partial charge in [0, 0.05) is 13.2 Å². The lowest BCUT2D eigenvalue weighted by atomic mass is 9.84. The number of methoxy groups -OCH3 is 1. The number of ether oxygens (including phenoxy) is 3. The van der Waals surface area contributed by atoms with Gasteiger partial charge in [-0.25, -0.2) is 0 Å². The number of hydrogen-bond acceptors (Lipinski definition) is 4. The summed E-state index contributed by atoms with van der Waals surface area (Å²) in [6, 6.07) is 0.522. The van der Waals surface area contributed by atoms with E-state index in [-0.39, 0.29) is 0 Å². The molecule has 1 fully saturated rings. The summed E-state index contributed by atoms with van der Waals surface area (Å²) in [5.41, 5.74) is 0. The van der Waals surface area contributed by atoms with Crippen LogP contribution in [0.2, 0.25) is 0 Å². The highest BCUT2D eigenvalue weighted by atomic mass is 16.5. The average Bonchev–Trinajstić information content (AvgIpc) is 2.50. The van der Waals surface area contributed by atoms with Crippen molar-refractivity contribution in [2.24, 2.45) is 5.92 Å². The van der Waals surface area contributed by atoms with Crippen molar-refractivity contribution in [1.82, 2.24) is 5.32 Å². The Bertz CT molecular complexity index is 208. The van der Waals surface area contributed by atoms with Gasteiger partial charge < -0.3 is 19.5 Å². The summed E-state index contributed by atoms with van der Waals surface area (Å²) in [5, 5.41) is 3.66. The van der Waals surface area contributed by atoms with Crippen LogP contribution in [0.5, 0.6) is 0 Å². The predicted octanol–water partition coefficient (Wildman–Crippen LogP) is 2.61. The van der Waals surface area contributed by atoms with Crippen molar-refractivity contribution >= 4 is 0 Å². The molecule has 1 aliphatic carbocycles. The van der Waals surface area contributed by atoms with Gasteiger partial charge in [-0.05, 0) is 31.7 Å². The molecule has 0 spiro atoms. The van der Waals surface area contributed by atoms with Crippen LogP contribution in [0.15, 0.2) is 0 Å². The van der Waals surface area contributed by atoms with Crippen LogP contribution in [-0.2, 0) is 14.2 Å². The van der Waals surface area contributed by atoms with E-state index in [1.165, 1.54) is 38.5 Å². The Morgan fingerprint density at radius 3 is 2.40 bits per heavy atom. The van der Waals surface area contributed by atoms with E-state index in [1.54, 1.807) is 7.11 Å². The van der Waals surface area contributed by atoms with E-state index < -0.39 is 0 Å². The van der Waals surface area contributed by atoms with Crippen LogP contribution in [0.4, 0.5) is 0 Å². The minimum Gasteiger partial charge on any atom is -0.382 e. The van der Waals surface area contributed by atoms with E-state index in [0.29, 0.717) is 32.5 Å². The third kappa shape index (κ3) is 8.20. The highest BCUT2D eigenvalue weighted by Crippen LogP contribution is 2.26. The van der Waals surface area contributed by atoms with Gasteiger partial charge in [-0.2, -0.15) is 0 Å². The third-order valence-electron chi connectivity index (χ3n) is 3.98. The van der Waals surface area contributed by atoms with E-state index in [0.717, 1.165) is 19.1 Å². The molecule has 4 nitrogen and oxygen atoms in total. The number of rotatable bonds is 12. The van der Waals surface area contributed by atoms with Crippen LogP contribution in [-0.4, -0.2) is 52.7 Å². The molecule has 1 N–H and O–H groups in total. The minimum absolute atomic E-state index is 0.522. The second kappa shape index (κ2) is 12.6. The van der Waals surface area contributed by atoms with Gasteiger partial charge in [0.05, 0.1) is 33.0 Å². The van der Waals surface area contributed by atoms with Gasteiger partial charge in [0.1, 0.15) is 0 Å². The van der Waals surface area contributed by atoms with Gasteiger partial charge in [0.25, 0.3) is 0 Å². The zero-order valence-corrected chi connectivity index (χ0v) is 13.4. The molecule has 1 unspecified atom stereocenters. The fourth-order valence-electron chi connectivity index (χ4n) is 2.80. The Kier molecular flexibility index (Phi) is 11.2. The normalized spacial score (nSPS) is 18.3. The van der Waals surface area contributed by atoms with Crippen molar-refractivity contribution in [3.05, 3.63) is 0 Å². The van der Waals surface area contributed by atoms with Crippen molar-refractivity contribution in [3.8, 4) is 0 Å². The summed E-state index contributed by atoms with van der Waals surface area (Å²) in [5.74, 6) is 0.796. The molecular weight excluding hydrogens is 254 g/mol. The molecule has 120 valence electrons. The second-order valence-corrected chi connectivity index (χ2v) is 5.64. The Labute approximate surface area is 124 Å². The van der Waals surface area contributed by atoms with Crippen LogP contribution < -0.4 is 5.32 Å². The summed E-state index contributed by atoms with van der Waals surface area (Å²) in [4.78, 5) is 0. The van der Waals surface area contributed by atoms with E-state index in [4.69, 9.17) is 14.2 Å². The molecule has 0 heterocycles. The maximum absolute atomic E-state index is 5.80. The van der Waals surface area contributed by atoms with Crippen LogP contribution >= 0.6 is 0 Å². The Balaban J connectivity index is 2.12. The van der Waals surface area contributed by atoms with Crippen molar-refractivity contribution in [2.75, 3.05) is 46.7 Å². The monoisotopic (exact) mass is 287 g/mol. The standard InChI is InChI=1S/C16H33NO3/c1-3-9-17-16(15-7-5-4-6-8-15)14-20-13-12-19-11-10-18-2/h15-17H,3-14H2,1-2H3. The molecule has 0 aromatic carbocycles. The number of hydrogen-bond donors (Lipinski definition) is 1. The zero-order valence-electron chi connectivity index (χ0n) is 13.4. The average molecular weight is 287 g/mol. The third-order valence-corrected chi connectivity index (χ3v) is 3.98. The first-order valence-electron chi connectivity index (χ1n) is 8.26. The molecule has 4 heteroatoms. The fraction of sp³-hybridized carbons (Fsp3) is 1.00. The molecule has 0 amide bonds. The summed E-state index contributed by atoms with van der Waals surface area (Å²) >= 11 is 0. The molecule has 0 aliphatic heterocycles. The van der Waals surface area contributed by atoms with Crippen LogP contribution in [0, 0.1) is 5.92 Å². The van der Waals surface area contributed by atoms with Gasteiger partial charge in [0.15, 0.2) is 0 Å². The SMILES string of the molecule is CCCNC(COCCOCCOC)C1CCCCC1. The number of nitrogens with one attached hydrogen (secondary N) is 1. The van der Waals surface area contributed by atoms with E-state index >= 15 is 0 Å². The largest absolute Gasteiger partial charge is 0.382 e. The van der Waals surface area contributed by atoms with Gasteiger partial charge >= 0.3 is 0 Å². The molecule has 20 heavy (non-hydrogen) atoms. The summed E-state index contributed by atoms with van der Waals surface area (Å²) in [6.07, 6.45) is 8.07. The Morgan fingerprint density at radius 2 is 1.70 bits per heavy atom. The smallest absolute Gasteiger partial charge is 0.0701 e. The van der Waals surface area contributed by atoms with Gasteiger partial charge in [-0.1, -0.05) is 26.2 Å². The van der Waals surface area contributed by atoms with Crippen molar-refractivity contribution in [3.63, 3.8) is 0 Å². The molecule has 0 aromatic rings. The summed E-state index contributed by atoms with van der Waals surface area (Å²) < 4.78 is 16.1. The van der Waals surface area contributed by atoms with Crippen molar-refractivity contribution in [1.29, 1.82) is 0 Å². The highest BCUT2D eigenvalue weighted by Gasteiger charge is 2.23. The lowest BCUT2D eigenvalue weighted by Crippen LogP contribution is -2.41. The first-order chi connectivity index (χ1) is 9.88. The first-order valence-corrected chi connectivity index (χ1v) is 8.26. The lowest BCUT2D eigenvalue weighted by molar-refractivity contribution is 0.0131. The maximum atomic E-state index is 5.80. The quantitative estimate of drug-likeness (QED) is 0.560. The highest BCUT2D eigenvalue weighted by molar-refractivity contribution is 4.79. The van der Waals surface area contributed by atoms with Gasteiger partial charge in [-0.15, -0.1) is 0 Å². The molecule has 0 saturated heterocycles. The summed E-state index contributed by atoms with van der Waals surface area (Å²) in [6.45, 7) is 6.78. The van der Waals surface area contributed by atoms with Crippen LogP contribution in [0.25, 0.3) is 0 Å². The molecular formula is C16H33NO3. The minimum atomic E-state index is 0.522. The van der Waals surface area contributed by atoms with Gasteiger partial charge in [-0.3, -0.25) is 0 Å². The first kappa shape index (κ1) is 17.9. The molecule has 1 rings (SSSR count). The maximum Gasteiger partial charge on any atom is 0.0701 e. The fourth-order valence-corrected chi connectivity index (χ4v) is 2.80.